The van der Waals surface area contributed by atoms with Gasteiger partial charge in [-0.3, -0.25) is 0 Å². The summed E-state index contributed by atoms with van der Waals surface area (Å²) in [4.78, 5) is 0.276. The first-order chi connectivity index (χ1) is 11.5. The zero-order valence-electron chi connectivity index (χ0n) is 12.7. The van der Waals surface area contributed by atoms with Crippen molar-refractivity contribution in [3.63, 3.8) is 0 Å². The van der Waals surface area contributed by atoms with Gasteiger partial charge >= 0.3 is 0 Å². The van der Waals surface area contributed by atoms with Gasteiger partial charge in [-0.05, 0) is 54.4 Å². The number of sulfone groups is 1. The van der Waals surface area contributed by atoms with Gasteiger partial charge < -0.3 is 15.2 Å². The van der Waals surface area contributed by atoms with E-state index >= 15 is 0 Å². The van der Waals surface area contributed by atoms with Crippen molar-refractivity contribution in [2.75, 3.05) is 13.3 Å². The summed E-state index contributed by atoms with van der Waals surface area (Å²) in [6.45, 7) is 0.507. The lowest BCUT2D eigenvalue weighted by molar-refractivity contribution is 0.174. The van der Waals surface area contributed by atoms with Gasteiger partial charge in [0.2, 0.25) is 6.79 Å². The molecule has 1 aliphatic carbocycles. The van der Waals surface area contributed by atoms with Crippen LogP contribution in [0.3, 0.4) is 0 Å². The summed E-state index contributed by atoms with van der Waals surface area (Å²) in [5, 5.41) is -0.0171. The van der Waals surface area contributed by atoms with Gasteiger partial charge in [0.05, 0.1) is 10.1 Å². The molecule has 2 aromatic rings. The van der Waals surface area contributed by atoms with Crippen LogP contribution in [0.25, 0.3) is 0 Å². The molecule has 4 rings (SSSR count). The van der Waals surface area contributed by atoms with Crippen LogP contribution >= 0.6 is 11.6 Å². The monoisotopic (exact) mass is 365 g/mol. The van der Waals surface area contributed by atoms with Crippen molar-refractivity contribution in [3.8, 4) is 11.5 Å². The average molecular weight is 366 g/mol. The van der Waals surface area contributed by atoms with Crippen LogP contribution in [0.5, 0.6) is 11.5 Å². The Labute approximate surface area is 145 Å². The van der Waals surface area contributed by atoms with E-state index in [4.69, 9.17) is 26.8 Å². The maximum Gasteiger partial charge on any atom is 0.231 e. The molecule has 0 saturated heterocycles. The van der Waals surface area contributed by atoms with E-state index in [0.717, 1.165) is 5.56 Å². The lowest BCUT2D eigenvalue weighted by atomic mass is 10.1. The molecule has 24 heavy (non-hydrogen) atoms. The van der Waals surface area contributed by atoms with Crippen LogP contribution in [-0.2, 0) is 9.84 Å². The second-order valence-corrected chi connectivity index (χ2v) is 8.54. The Hall–Kier alpha value is -1.76. The van der Waals surface area contributed by atoms with E-state index in [9.17, 15) is 8.42 Å². The molecule has 0 aromatic heterocycles. The molecule has 2 aromatic carbocycles. The number of fused-ring (bicyclic) bond motifs is 1. The van der Waals surface area contributed by atoms with E-state index in [2.05, 4.69) is 0 Å². The summed E-state index contributed by atoms with van der Waals surface area (Å²) in [5.41, 5.74) is 6.74. The number of rotatable bonds is 4. The quantitative estimate of drug-likeness (QED) is 0.900. The zero-order valence-corrected chi connectivity index (χ0v) is 14.3. The highest BCUT2D eigenvalue weighted by atomic mass is 35.5. The molecule has 2 N–H and O–H groups in total. The van der Waals surface area contributed by atoms with Crippen LogP contribution in [0, 0.1) is 5.92 Å². The summed E-state index contributed by atoms with van der Waals surface area (Å²) in [7, 11) is -3.47. The molecular formula is C17H16ClNO4S. The summed E-state index contributed by atoms with van der Waals surface area (Å²) in [6, 6.07) is 11.8. The number of halogens is 1. The minimum atomic E-state index is -3.47. The fourth-order valence-corrected chi connectivity index (χ4v) is 5.74. The van der Waals surface area contributed by atoms with E-state index in [1.54, 1.807) is 24.3 Å². The van der Waals surface area contributed by atoms with Crippen molar-refractivity contribution < 1.29 is 17.9 Å². The maximum absolute atomic E-state index is 12.9. The summed E-state index contributed by atoms with van der Waals surface area (Å²) >= 11 is 5.85. The molecule has 3 atom stereocenters. The Morgan fingerprint density at radius 3 is 2.50 bits per heavy atom. The third-order valence-corrected chi connectivity index (χ3v) is 7.19. The standard InChI is InChI=1S/C17H16ClNO4S/c18-11-2-4-12(5-3-11)24(20,21)17-13(8-19)16(17)10-1-6-14-15(7-10)23-9-22-14/h1-7,13,16-17H,8-9,19H2/t13-,16-,17+/m1/s1. The molecule has 1 aliphatic heterocycles. The highest BCUT2D eigenvalue weighted by molar-refractivity contribution is 7.92. The number of ether oxygens (including phenoxy) is 2. The first-order valence-electron chi connectivity index (χ1n) is 7.61. The van der Waals surface area contributed by atoms with Crippen molar-refractivity contribution >= 4 is 21.4 Å². The Bertz CT molecular complexity index is 882. The van der Waals surface area contributed by atoms with E-state index in [1.165, 1.54) is 0 Å². The average Bonchev–Trinajstić information content (AvgIpc) is 3.15. The van der Waals surface area contributed by atoms with Crippen LogP contribution in [0.4, 0.5) is 0 Å². The normalized spacial score (nSPS) is 24.8. The molecule has 0 amide bonds. The summed E-state index contributed by atoms with van der Waals surface area (Å²) in [6.07, 6.45) is 0. The van der Waals surface area contributed by atoms with E-state index in [1.807, 2.05) is 18.2 Å². The summed E-state index contributed by atoms with van der Waals surface area (Å²) < 4.78 is 36.6. The lowest BCUT2D eigenvalue weighted by Gasteiger charge is -2.05. The predicted octanol–water partition coefficient (Wildman–Crippen LogP) is 2.58. The molecule has 5 nitrogen and oxygen atoms in total. The highest BCUT2D eigenvalue weighted by Gasteiger charge is 2.58. The zero-order chi connectivity index (χ0) is 16.9. The van der Waals surface area contributed by atoms with Gasteiger partial charge in [-0.1, -0.05) is 17.7 Å². The molecule has 0 bridgehead atoms. The van der Waals surface area contributed by atoms with Gasteiger partial charge in [0.25, 0.3) is 0 Å². The number of nitrogens with two attached hydrogens (primary N) is 1. The fraction of sp³-hybridized carbons (Fsp3) is 0.294. The third-order valence-electron chi connectivity index (χ3n) is 4.65. The Morgan fingerprint density at radius 2 is 1.79 bits per heavy atom. The maximum atomic E-state index is 12.9. The topological polar surface area (TPSA) is 78.6 Å². The van der Waals surface area contributed by atoms with Crippen LogP contribution in [0.1, 0.15) is 11.5 Å². The van der Waals surface area contributed by atoms with Crippen molar-refractivity contribution in [2.24, 2.45) is 11.7 Å². The second-order valence-electron chi connectivity index (χ2n) is 6.00. The van der Waals surface area contributed by atoms with Crippen molar-refractivity contribution in [2.45, 2.75) is 16.1 Å². The molecule has 1 saturated carbocycles. The molecule has 0 spiro atoms. The highest BCUT2D eigenvalue weighted by Crippen LogP contribution is 2.54. The fourth-order valence-electron chi connectivity index (χ4n) is 3.38. The minimum Gasteiger partial charge on any atom is -0.454 e. The van der Waals surface area contributed by atoms with Crippen molar-refractivity contribution in [3.05, 3.63) is 53.1 Å². The molecule has 126 valence electrons. The van der Waals surface area contributed by atoms with E-state index < -0.39 is 15.1 Å². The van der Waals surface area contributed by atoms with Crippen LogP contribution in [-0.4, -0.2) is 27.0 Å². The molecule has 0 unspecified atom stereocenters. The largest absolute Gasteiger partial charge is 0.454 e. The number of hydrogen-bond donors (Lipinski definition) is 1. The van der Waals surface area contributed by atoms with Crippen LogP contribution in [0.15, 0.2) is 47.4 Å². The first-order valence-corrected chi connectivity index (χ1v) is 9.54. The number of hydrogen-bond acceptors (Lipinski definition) is 5. The van der Waals surface area contributed by atoms with Crippen molar-refractivity contribution in [1.82, 2.24) is 0 Å². The molecule has 2 aliphatic rings. The van der Waals surface area contributed by atoms with Gasteiger partial charge in [-0.25, -0.2) is 8.42 Å². The second kappa shape index (κ2) is 5.65. The predicted molar refractivity (Wildman–Crippen MR) is 90.3 cm³/mol. The van der Waals surface area contributed by atoms with Gasteiger partial charge in [-0.15, -0.1) is 0 Å². The Balaban J connectivity index is 1.67. The number of benzene rings is 2. The molecule has 1 heterocycles. The SMILES string of the molecule is NC[C@@H]1[C@@H](c2ccc3c(c2)OCO3)[C@H]1S(=O)(=O)c1ccc(Cl)cc1. The summed E-state index contributed by atoms with van der Waals surface area (Å²) in [5.74, 6) is 1.09. The first kappa shape index (κ1) is 15.7. The van der Waals surface area contributed by atoms with E-state index in [0.29, 0.717) is 23.1 Å². The molecule has 7 heteroatoms. The minimum absolute atomic E-state index is 0.106. The van der Waals surface area contributed by atoms with Crippen LogP contribution < -0.4 is 15.2 Å². The van der Waals surface area contributed by atoms with E-state index in [-0.39, 0.29) is 23.5 Å². The van der Waals surface area contributed by atoms with Crippen LogP contribution in [0.2, 0.25) is 5.02 Å². The van der Waals surface area contributed by atoms with Gasteiger partial charge in [0.1, 0.15) is 0 Å². The molecule has 0 radical (unpaired) electrons. The third kappa shape index (κ3) is 2.46. The molecule has 1 fully saturated rings. The van der Waals surface area contributed by atoms with Gasteiger partial charge in [-0.2, -0.15) is 0 Å². The smallest absolute Gasteiger partial charge is 0.231 e. The van der Waals surface area contributed by atoms with Gasteiger partial charge in [0.15, 0.2) is 21.3 Å². The Kier molecular flexibility index (Phi) is 3.71. The Morgan fingerprint density at radius 1 is 1.08 bits per heavy atom. The molecular weight excluding hydrogens is 350 g/mol. The van der Waals surface area contributed by atoms with Crippen molar-refractivity contribution in [1.29, 1.82) is 0 Å². The lowest BCUT2D eigenvalue weighted by Crippen LogP contribution is -2.13. The van der Waals surface area contributed by atoms with Gasteiger partial charge in [0, 0.05) is 10.9 Å².